The van der Waals surface area contributed by atoms with Gasteiger partial charge in [-0.3, -0.25) is 10.1 Å². The fourth-order valence-electron chi connectivity index (χ4n) is 4.73. The molecule has 0 unspecified atom stereocenters. The molecule has 1 saturated carbocycles. The number of nitrogens with zero attached hydrogens (tertiary/aromatic N) is 2. The van der Waals surface area contributed by atoms with Gasteiger partial charge in [0.2, 0.25) is 0 Å². The quantitative estimate of drug-likeness (QED) is 0.792. The summed E-state index contributed by atoms with van der Waals surface area (Å²) in [5.41, 5.74) is 2.67. The van der Waals surface area contributed by atoms with Gasteiger partial charge in [-0.25, -0.2) is 0 Å². The van der Waals surface area contributed by atoms with Crippen LogP contribution in [0.1, 0.15) is 56.2 Å². The summed E-state index contributed by atoms with van der Waals surface area (Å²) in [6, 6.07) is 6.35. The Morgan fingerprint density at radius 3 is 2.88 bits per heavy atom. The third-order valence-corrected chi connectivity index (χ3v) is 6.04. The lowest BCUT2D eigenvalue weighted by atomic mass is 9.68. The average molecular weight is 340 g/mol. The monoisotopic (exact) mass is 340 g/mol. The van der Waals surface area contributed by atoms with Crippen molar-refractivity contribution in [2.75, 3.05) is 13.2 Å². The molecule has 134 valence electrons. The molecule has 1 saturated heterocycles. The Labute approximate surface area is 149 Å². The summed E-state index contributed by atoms with van der Waals surface area (Å²) < 4.78 is 6.31. The second-order valence-corrected chi connectivity index (χ2v) is 7.69. The SMILES string of the molecule is c1ccc([C@]2(CCNCc3cn[nH]c3)CCOC3(CCCC3)C2)nc1. The number of aromatic nitrogens is 3. The first-order chi connectivity index (χ1) is 12.3. The molecule has 2 fully saturated rings. The molecule has 2 aromatic rings. The molecule has 1 atom stereocenters. The van der Waals surface area contributed by atoms with E-state index in [1.54, 1.807) is 0 Å². The van der Waals surface area contributed by atoms with Crippen LogP contribution in [0.4, 0.5) is 0 Å². The highest BCUT2D eigenvalue weighted by molar-refractivity contribution is 5.20. The van der Waals surface area contributed by atoms with Crippen molar-refractivity contribution >= 4 is 0 Å². The van der Waals surface area contributed by atoms with Crippen LogP contribution in [0, 0.1) is 0 Å². The van der Waals surface area contributed by atoms with Crippen molar-refractivity contribution < 1.29 is 4.74 Å². The summed E-state index contributed by atoms with van der Waals surface area (Å²) in [4.78, 5) is 4.76. The summed E-state index contributed by atoms with van der Waals surface area (Å²) in [5, 5.41) is 10.5. The molecule has 0 bridgehead atoms. The van der Waals surface area contributed by atoms with Gasteiger partial charge in [0.15, 0.2) is 0 Å². The number of aromatic amines is 1. The molecular formula is C20H28N4O. The molecule has 1 aliphatic heterocycles. The Morgan fingerprint density at radius 2 is 2.12 bits per heavy atom. The highest BCUT2D eigenvalue weighted by Gasteiger charge is 2.48. The number of H-pyrrole nitrogens is 1. The summed E-state index contributed by atoms with van der Waals surface area (Å²) >= 11 is 0. The lowest BCUT2D eigenvalue weighted by Gasteiger charge is -2.46. The molecule has 4 rings (SSSR count). The predicted molar refractivity (Wildman–Crippen MR) is 97.2 cm³/mol. The van der Waals surface area contributed by atoms with Gasteiger partial charge in [-0.15, -0.1) is 0 Å². The van der Waals surface area contributed by atoms with E-state index in [1.165, 1.54) is 36.9 Å². The third-order valence-electron chi connectivity index (χ3n) is 6.04. The van der Waals surface area contributed by atoms with Crippen LogP contribution < -0.4 is 5.32 Å². The lowest BCUT2D eigenvalue weighted by Crippen LogP contribution is -2.47. The molecule has 5 heteroatoms. The van der Waals surface area contributed by atoms with Crippen LogP contribution in [-0.2, 0) is 16.7 Å². The van der Waals surface area contributed by atoms with Crippen LogP contribution in [0.3, 0.4) is 0 Å². The molecule has 2 aromatic heterocycles. The van der Waals surface area contributed by atoms with E-state index in [2.05, 4.69) is 27.6 Å². The fraction of sp³-hybridized carbons (Fsp3) is 0.600. The van der Waals surface area contributed by atoms with Crippen LogP contribution in [0.15, 0.2) is 36.8 Å². The summed E-state index contributed by atoms with van der Waals surface area (Å²) in [7, 11) is 0. The van der Waals surface area contributed by atoms with Gasteiger partial charge >= 0.3 is 0 Å². The maximum atomic E-state index is 6.31. The average Bonchev–Trinajstić information content (AvgIpc) is 3.32. The van der Waals surface area contributed by atoms with Crippen molar-refractivity contribution in [2.45, 2.75) is 62.5 Å². The van der Waals surface area contributed by atoms with Crippen LogP contribution in [0.5, 0.6) is 0 Å². The maximum absolute atomic E-state index is 6.31. The number of rotatable bonds is 6. The number of hydrogen-bond donors (Lipinski definition) is 2. The standard InChI is InChI=1S/C20H28N4O/c1-4-10-22-18(5-1)19(8-11-21-13-17-14-23-24-15-17)9-12-25-20(16-19)6-2-3-7-20/h1,4-5,10,14-15,21H,2-3,6-9,11-13,16H2,(H,23,24)/t19-/m1/s1. The first-order valence-electron chi connectivity index (χ1n) is 9.54. The molecule has 0 radical (unpaired) electrons. The van der Waals surface area contributed by atoms with E-state index in [-0.39, 0.29) is 11.0 Å². The lowest BCUT2D eigenvalue weighted by molar-refractivity contribution is -0.104. The molecule has 25 heavy (non-hydrogen) atoms. The molecule has 0 amide bonds. The number of nitrogens with one attached hydrogen (secondary N) is 2. The Hall–Kier alpha value is -1.72. The van der Waals surface area contributed by atoms with Gasteiger partial charge in [-0.05, 0) is 50.8 Å². The highest BCUT2D eigenvalue weighted by atomic mass is 16.5. The van der Waals surface area contributed by atoms with E-state index in [4.69, 9.17) is 9.72 Å². The van der Waals surface area contributed by atoms with Crippen molar-refractivity contribution in [3.63, 3.8) is 0 Å². The Bertz CT molecular complexity index is 652. The number of ether oxygens (including phenoxy) is 1. The fourth-order valence-corrected chi connectivity index (χ4v) is 4.73. The zero-order valence-corrected chi connectivity index (χ0v) is 14.8. The number of pyridine rings is 1. The molecule has 2 aliphatic rings. The van der Waals surface area contributed by atoms with E-state index in [1.807, 2.05) is 24.7 Å². The highest BCUT2D eigenvalue weighted by Crippen LogP contribution is 2.49. The van der Waals surface area contributed by atoms with E-state index in [0.29, 0.717) is 0 Å². The number of hydrogen-bond acceptors (Lipinski definition) is 4. The van der Waals surface area contributed by atoms with Gasteiger partial charge in [-0.1, -0.05) is 18.9 Å². The van der Waals surface area contributed by atoms with Crippen molar-refractivity contribution in [1.29, 1.82) is 0 Å². The van der Waals surface area contributed by atoms with Crippen molar-refractivity contribution in [3.8, 4) is 0 Å². The summed E-state index contributed by atoms with van der Waals surface area (Å²) in [5.74, 6) is 0. The van der Waals surface area contributed by atoms with Crippen molar-refractivity contribution in [3.05, 3.63) is 48.0 Å². The molecule has 1 spiro atoms. The van der Waals surface area contributed by atoms with Crippen LogP contribution >= 0.6 is 0 Å². The van der Waals surface area contributed by atoms with Gasteiger partial charge in [0.1, 0.15) is 0 Å². The van der Waals surface area contributed by atoms with E-state index in [0.717, 1.165) is 39.0 Å². The second-order valence-electron chi connectivity index (χ2n) is 7.69. The van der Waals surface area contributed by atoms with Gasteiger partial charge in [0.05, 0.1) is 11.8 Å². The van der Waals surface area contributed by atoms with Gasteiger partial charge in [0, 0.05) is 42.2 Å². The molecular weight excluding hydrogens is 312 g/mol. The Morgan fingerprint density at radius 1 is 1.20 bits per heavy atom. The van der Waals surface area contributed by atoms with Crippen LogP contribution in [0.2, 0.25) is 0 Å². The molecule has 3 heterocycles. The van der Waals surface area contributed by atoms with E-state index in [9.17, 15) is 0 Å². The summed E-state index contributed by atoms with van der Waals surface area (Å²) in [6.07, 6.45) is 14.1. The van der Waals surface area contributed by atoms with Crippen molar-refractivity contribution in [1.82, 2.24) is 20.5 Å². The van der Waals surface area contributed by atoms with E-state index < -0.39 is 0 Å². The smallest absolute Gasteiger partial charge is 0.0691 e. The minimum Gasteiger partial charge on any atom is -0.375 e. The minimum atomic E-state index is 0.0975. The van der Waals surface area contributed by atoms with E-state index >= 15 is 0 Å². The minimum absolute atomic E-state index is 0.0975. The topological polar surface area (TPSA) is 62.8 Å². The second kappa shape index (κ2) is 7.26. The van der Waals surface area contributed by atoms with Gasteiger partial charge in [0.25, 0.3) is 0 Å². The van der Waals surface area contributed by atoms with Crippen molar-refractivity contribution in [2.24, 2.45) is 0 Å². The predicted octanol–water partition coefficient (Wildman–Crippen LogP) is 3.35. The van der Waals surface area contributed by atoms with Crippen LogP contribution in [-0.4, -0.2) is 33.9 Å². The molecule has 0 aromatic carbocycles. The van der Waals surface area contributed by atoms with Crippen LogP contribution in [0.25, 0.3) is 0 Å². The zero-order valence-electron chi connectivity index (χ0n) is 14.8. The summed E-state index contributed by atoms with van der Waals surface area (Å²) in [6.45, 7) is 2.70. The first-order valence-corrected chi connectivity index (χ1v) is 9.54. The largest absolute Gasteiger partial charge is 0.375 e. The van der Waals surface area contributed by atoms with Gasteiger partial charge < -0.3 is 10.1 Å². The first kappa shape index (κ1) is 16.7. The molecule has 2 N–H and O–H groups in total. The molecule has 1 aliphatic carbocycles. The zero-order chi connectivity index (χ0) is 17.0. The maximum Gasteiger partial charge on any atom is 0.0691 e. The third kappa shape index (κ3) is 3.62. The van der Waals surface area contributed by atoms with Gasteiger partial charge in [-0.2, -0.15) is 5.10 Å². The molecule has 5 nitrogen and oxygen atoms in total. The normalized spacial score (nSPS) is 25.4. The Balaban J connectivity index is 1.48. The Kier molecular flexibility index (Phi) is 4.86.